The smallest absolute Gasteiger partial charge is 0.305 e. The molecule has 1 fully saturated rings. The molecule has 0 radical (unpaired) electrons. The molecule has 1 saturated heterocycles. The van der Waals surface area contributed by atoms with Gasteiger partial charge in [0.15, 0.2) is 0 Å². The Balaban J connectivity index is 1.70. The van der Waals surface area contributed by atoms with E-state index in [0.717, 1.165) is 78.8 Å². The molecule has 7 heteroatoms. The minimum Gasteiger partial charge on any atom is -0.507 e. The fraction of sp³-hybridized carbons (Fsp3) is 0.522. The average molecular weight is 412 g/mol. The van der Waals surface area contributed by atoms with Crippen LogP contribution in [-0.2, 0) is 30.6 Å². The molecule has 0 atom stereocenters. The molecule has 2 heterocycles. The number of fused-ring (bicyclic) bond motifs is 1. The van der Waals surface area contributed by atoms with E-state index in [4.69, 9.17) is 5.11 Å². The van der Waals surface area contributed by atoms with Crippen LogP contribution in [-0.4, -0.2) is 49.9 Å². The Hall–Kier alpha value is -2.83. The van der Waals surface area contributed by atoms with Gasteiger partial charge >= 0.3 is 5.97 Å². The van der Waals surface area contributed by atoms with Crippen LogP contribution in [0.25, 0.3) is 0 Å². The van der Waals surface area contributed by atoms with Crippen molar-refractivity contribution in [3.05, 3.63) is 45.3 Å². The van der Waals surface area contributed by atoms with E-state index in [9.17, 15) is 14.7 Å². The summed E-state index contributed by atoms with van der Waals surface area (Å²) in [5.41, 5.74) is 6.48. The maximum absolute atomic E-state index is 13.1. The number of carbonyl (C=O) groups excluding carboxylic acids is 1. The van der Waals surface area contributed by atoms with Gasteiger partial charge in [-0.3, -0.25) is 14.3 Å². The molecule has 1 aromatic heterocycles. The number of carboxylic acids is 1. The van der Waals surface area contributed by atoms with Gasteiger partial charge in [-0.2, -0.15) is 5.10 Å². The van der Waals surface area contributed by atoms with Crippen LogP contribution >= 0.6 is 0 Å². The van der Waals surface area contributed by atoms with Gasteiger partial charge in [0.25, 0.3) is 5.91 Å². The fourth-order valence-electron chi connectivity index (χ4n) is 4.86. The first kappa shape index (κ1) is 20.4. The lowest BCUT2D eigenvalue weighted by molar-refractivity contribution is -0.137. The Labute approximate surface area is 176 Å². The van der Waals surface area contributed by atoms with Gasteiger partial charge in [0.05, 0.1) is 24.2 Å². The van der Waals surface area contributed by atoms with Crippen LogP contribution in [0, 0.1) is 13.8 Å². The van der Waals surface area contributed by atoms with E-state index in [0.29, 0.717) is 18.5 Å². The molecule has 2 aliphatic rings. The van der Waals surface area contributed by atoms with E-state index >= 15 is 0 Å². The summed E-state index contributed by atoms with van der Waals surface area (Å²) in [6.07, 6.45) is 5.37. The highest BCUT2D eigenvalue weighted by atomic mass is 16.4. The van der Waals surface area contributed by atoms with Gasteiger partial charge in [-0.15, -0.1) is 0 Å². The maximum Gasteiger partial charge on any atom is 0.305 e. The second-order valence-electron chi connectivity index (χ2n) is 8.43. The predicted octanol–water partition coefficient (Wildman–Crippen LogP) is 3.00. The Morgan fingerprint density at radius 3 is 2.50 bits per heavy atom. The van der Waals surface area contributed by atoms with Crippen molar-refractivity contribution < 1.29 is 19.8 Å². The molecule has 0 bridgehead atoms. The van der Waals surface area contributed by atoms with Gasteiger partial charge in [0.2, 0.25) is 0 Å². The number of carboxylic acid groups (broad SMARTS) is 1. The molecule has 0 saturated carbocycles. The number of aromatic hydroxyl groups is 1. The van der Waals surface area contributed by atoms with E-state index in [2.05, 4.69) is 5.10 Å². The summed E-state index contributed by atoms with van der Waals surface area (Å²) < 4.78 is 1.76. The van der Waals surface area contributed by atoms with E-state index < -0.39 is 5.97 Å². The van der Waals surface area contributed by atoms with Crippen LogP contribution in [0.3, 0.4) is 0 Å². The van der Waals surface area contributed by atoms with Gasteiger partial charge in [-0.25, -0.2) is 0 Å². The number of aromatic nitrogens is 2. The first-order valence-electron chi connectivity index (χ1n) is 10.8. The van der Waals surface area contributed by atoms with E-state index in [1.54, 1.807) is 4.68 Å². The number of likely N-dealkylation sites (tertiary alicyclic amines) is 1. The summed E-state index contributed by atoms with van der Waals surface area (Å²) in [6.45, 7) is 5.75. The topological polar surface area (TPSA) is 95.7 Å². The Morgan fingerprint density at radius 1 is 1.10 bits per heavy atom. The van der Waals surface area contributed by atoms with E-state index in [-0.39, 0.29) is 18.1 Å². The molecule has 2 N–H and O–H groups in total. The molecule has 1 amide bonds. The third kappa shape index (κ3) is 3.68. The highest BCUT2D eigenvalue weighted by molar-refractivity contribution is 5.98. The number of nitrogens with zero attached hydrogens (tertiary/aromatic N) is 3. The van der Waals surface area contributed by atoms with Crippen LogP contribution in [0.2, 0.25) is 0 Å². The van der Waals surface area contributed by atoms with Crippen LogP contribution in [0.5, 0.6) is 5.75 Å². The van der Waals surface area contributed by atoms with Gasteiger partial charge in [0, 0.05) is 30.8 Å². The van der Waals surface area contributed by atoms with Crippen molar-refractivity contribution in [2.75, 3.05) is 13.1 Å². The first-order chi connectivity index (χ1) is 14.4. The molecule has 1 aliphatic carbocycles. The van der Waals surface area contributed by atoms with Crippen molar-refractivity contribution in [1.29, 1.82) is 0 Å². The minimum absolute atomic E-state index is 0.0322. The van der Waals surface area contributed by atoms with Gasteiger partial charge < -0.3 is 15.1 Å². The second-order valence-corrected chi connectivity index (χ2v) is 8.43. The molecule has 0 unspecified atom stereocenters. The monoisotopic (exact) mass is 411 g/mol. The number of carbonyl (C=O) groups is 2. The third-order valence-electron chi connectivity index (χ3n) is 6.52. The number of hydrogen-bond donors (Lipinski definition) is 2. The van der Waals surface area contributed by atoms with Crippen molar-refractivity contribution in [2.24, 2.45) is 0 Å². The molecule has 1 aromatic carbocycles. The van der Waals surface area contributed by atoms with Crippen molar-refractivity contribution in [3.63, 3.8) is 0 Å². The predicted molar refractivity (Wildman–Crippen MR) is 112 cm³/mol. The number of phenols is 1. The summed E-state index contributed by atoms with van der Waals surface area (Å²) in [6, 6.07) is 1.88. The van der Waals surface area contributed by atoms with Crippen LogP contribution in [0.1, 0.15) is 69.7 Å². The molecular weight excluding hydrogens is 382 g/mol. The van der Waals surface area contributed by atoms with E-state index in [1.165, 1.54) is 0 Å². The Kier molecular flexibility index (Phi) is 5.54. The molecule has 2 aromatic rings. The SMILES string of the molecule is Cc1nn(CCC(=O)O)c(C)c1Cc1cc(C(=O)N2CCCC2)c(O)c2c1CCC2. The third-order valence-corrected chi connectivity index (χ3v) is 6.52. The quantitative estimate of drug-likeness (QED) is 0.762. The molecule has 0 spiro atoms. The number of phenolic OH excluding ortho intramolecular Hbond substituents is 1. The average Bonchev–Trinajstić information content (AvgIpc) is 3.45. The fourth-order valence-corrected chi connectivity index (χ4v) is 4.86. The van der Waals surface area contributed by atoms with Crippen LogP contribution in [0.4, 0.5) is 0 Å². The van der Waals surface area contributed by atoms with Crippen molar-refractivity contribution in [3.8, 4) is 5.75 Å². The van der Waals surface area contributed by atoms with Gasteiger partial charge in [0.1, 0.15) is 5.75 Å². The lowest BCUT2D eigenvalue weighted by Crippen LogP contribution is -2.28. The van der Waals surface area contributed by atoms with Crippen LogP contribution in [0.15, 0.2) is 6.07 Å². The summed E-state index contributed by atoms with van der Waals surface area (Å²) in [5.74, 6) is -0.759. The zero-order chi connectivity index (χ0) is 21.4. The van der Waals surface area contributed by atoms with Crippen molar-refractivity contribution >= 4 is 11.9 Å². The highest BCUT2D eigenvalue weighted by Gasteiger charge is 2.28. The highest BCUT2D eigenvalue weighted by Crippen LogP contribution is 2.38. The van der Waals surface area contributed by atoms with Crippen molar-refractivity contribution in [1.82, 2.24) is 14.7 Å². The Morgan fingerprint density at radius 2 is 1.80 bits per heavy atom. The number of amides is 1. The standard InChI is InChI=1S/C23H29N3O4/c1-14-19(15(2)26(24-14)11-8-21(27)28)12-16-13-20(23(30)25-9-3-4-10-25)22(29)18-7-5-6-17(16)18/h13,29H,3-12H2,1-2H3,(H,27,28). The summed E-state index contributed by atoms with van der Waals surface area (Å²) in [5, 5.41) is 24.4. The number of aryl methyl sites for hydroxylation is 2. The minimum atomic E-state index is -0.842. The zero-order valence-corrected chi connectivity index (χ0v) is 17.7. The number of benzene rings is 1. The lowest BCUT2D eigenvalue weighted by atomic mass is 9.92. The number of rotatable bonds is 6. The molecule has 160 valence electrons. The number of aliphatic carboxylic acids is 1. The molecule has 4 rings (SSSR count). The van der Waals surface area contributed by atoms with Gasteiger partial charge in [-0.05, 0) is 68.7 Å². The molecular formula is C23H29N3O4. The lowest BCUT2D eigenvalue weighted by Gasteiger charge is -2.19. The first-order valence-corrected chi connectivity index (χ1v) is 10.8. The maximum atomic E-state index is 13.1. The van der Waals surface area contributed by atoms with Crippen molar-refractivity contribution in [2.45, 2.75) is 65.3 Å². The zero-order valence-electron chi connectivity index (χ0n) is 17.7. The summed E-state index contributed by atoms with van der Waals surface area (Å²) >= 11 is 0. The Bertz CT molecular complexity index is 1000. The largest absolute Gasteiger partial charge is 0.507 e. The van der Waals surface area contributed by atoms with E-state index in [1.807, 2.05) is 24.8 Å². The molecule has 1 aliphatic heterocycles. The summed E-state index contributed by atoms with van der Waals surface area (Å²) in [4.78, 5) is 25.8. The normalized spacial score (nSPS) is 15.6. The second kappa shape index (κ2) is 8.13. The summed E-state index contributed by atoms with van der Waals surface area (Å²) in [7, 11) is 0. The molecule has 30 heavy (non-hydrogen) atoms. The number of hydrogen-bond acceptors (Lipinski definition) is 4. The van der Waals surface area contributed by atoms with Gasteiger partial charge in [-0.1, -0.05) is 0 Å². The van der Waals surface area contributed by atoms with Crippen LogP contribution < -0.4 is 0 Å². The molecule has 7 nitrogen and oxygen atoms in total.